The zero-order valence-corrected chi connectivity index (χ0v) is 11.3. The van der Waals surface area contributed by atoms with Gasteiger partial charge in [-0.3, -0.25) is 0 Å². The third-order valence-corrected chi connectivity index (χ3v) is 3.09. The first-order valence-corrected chi connectivity index (χ1v) is 6.47. The zero-order chi connectivity index (χ0) is 14.8. The number of aliphatic hydroxyl groups excluding tert-OH is 1. The molecule has 0 saturated carbocycles. The first kappa shape index (κ1) is 13.5. The lowest BCUT2D eigenvalue weighted by molar-refractivity contribution is 0.170. The summed E-state index contributed by atoms with van der Waals surface area (Å²) in [6.45, 7) is 1.78. The largest absolute Gasteiger partial charge is 0.378 e. The van der Waals surface area contributed by atoms with Gasteiger partial charge in [-0.25, -0.2) is 4.39 Å². The fourth-order valence-corrected chi connectivity index (χ4v) is 2.11. The van der Waals surface area contributed by atoms with E-state index in [9.17, 15) is 9.50 Å². The van der Waals surface area contributed by atoms with Crippen molar-refractivity contribution < 1.29 is 14.0 Å². The van der Waals surface area contributed by atoms with Crippen molar-refractivity contribution in [3.05, 3.63) is 71.4 Å². The quantitative estimate of drug-likeness (QED) is 0.802. The van der Waals surface area contributed by atoms with Gasteiger partial charge in [0.1, 0.15) is 5.82 Å². The van der Waals surface area contributed by atoms with Gasteiger partial charge in [0.25, 0.3) is 5.89 Å². The summed E-state index contributed by atoms with van der Waals surface area (Å²) in [5, 5.41) is 14.0. The number of halogens is 1. The van der Waals surface area contributed by atoms with Gasteiger partial charge in [0, 0.05) is 5.56 Å². The van der Waals surface area contributed by atoms with E-state index in [1.165, 1.54) is 12.1 Å². The summed E-state index contributed by atoms with van der Waals surface area (Å²) in [6, 6.07) is 13.5. The highest BCUT2D eigenvalue weighted by atomic mass is 19.1. The first-order chi connectivity index (χ1) is 10.1. The minimum Gasteiger partial charge on any atom is -0.378 e. The standard InChI is InChI=1S/C16H13FN2O2/c1-10-7-12(9-13(17)8-10)15-18-16(21-19-15)14(20)11-5-3-2-4-6-11/h2-9,14,20H,1H3. The second kappa shape index (κ2) is 5.46. The van der Waals surface area contributed by atoms with Gasteiger partial charge in [-0.2, -0.15) is 4.98 Å². The average molecular weight is 284 g/mol. The number of benzene rings is 2. The van der Waals surface area contributed by atoms with Crippen LogP contribution < -0.4 is 0 Å². The zero-order valence-electron chi connectivity index (χ0n) is 11.3. The highest BCUT2D eigenvalue weighted by molar-refractivity contribution is 5.55. The molecule has 21 heavy (non-hydrogen) atoms. The van der Waals surface area contributed by atoms with Crippen molar-refractivity contribution in [2.45, 2.75) is 13.0 Å². The van der Waals surface area contributed by atoms with E-state index in [1.807, 2.05) is 18.2 Å². The Balaban J connectivity index is 1.93. The van der Waals surface area contributed by atoms with Gasteiger partial charge in [0.05, 0.1) is 0 Å². The van der Waals surface area contributed by atoms with Crippen LogP contribution in [0.5, 0.6) is 0 Å². The summed E-state index contributed by atoms with van der Waals surface area (Å²) in [5.41, 5.74) is 1.94. The summed E-state index contributed by atoms with van der Waals surface area (Å²) in [5.74, 6) is -0.0272. The molecule has 3 rings (SSSR count). The van der Waals surface area contributed by atoms with Crippen molar-refractivity contribution >= 4 is 0 Å². The van der Waals surface area contributed by atoms with Gasteiger partial charge < -0.3 is 9.63 Å². The monoisotopic (exact) mass is 284 g/mol. The van der Waals surface area contributed by atoms with E-state index in [1.54, 1.807) is 25.1 Å². The summed E-state index contributed by atoms with van der Waals surface area (Å²) in [4.78, 5) is 4.14. The van der Waals surface area contributed by atoms with E-state index >= 15 is 0 Å². The smallest absolute Gasteiger partial charge is 0.260 e. The molecule has 3 aromatic rings. The predicted octanol–water partition coefficient (Wildman–Crippen LogP) is 3.27. The van der Waals surface area contributed by atoms with Gasteiger partial charge in [0.2, 0.25) is 5.82 Å². The molecule has 1 atom stereocenters. The molecular weight excluding hydrogens is 271 g/mol. The molecule has 1 unspecified atom stereocenters. The van der Waals surface area contributed by atoms with Crippen LogP contribution in [-0.2, 0) is 0 Å². The summed E-state index contributed by atoms with van der Waals surface area (Å²) >= 11 is 0. The summed E-state index contributed by atoms with van der Waals surface area (Å²) in [6.07, 6.45) is -0.998. The van der Waals surface area contributed by atoms with Crippen LogP contribution in [0, 0.1) is 12.7 Å². The van der Waals surface area contributed by atoms with Gasteiger partial charge in [-0.15, -0.1) is 0 Å². The minimum absolute atomic E-state index is 0.0816. The van der Waals surface area contributed by atoms with Crippen LogP contribution >= 0.6 is 0 Å². The summed E-state index contributed by atoms with van der Waals surface area (Å²) in [7, 11) is 0. The van der Waals surface area contributed by atoms with Crippen LogP contribution in [-0.4, -0.2) is 15.2 Å². The number of hydrogen-bond acceptors (Lipinski definition) is 4. The number of aromatic nitrogens is 2. The Morgan fingerprint density at radius 3 is 2.62 bits per heavy atom. The van der Waals surface area contributed by atoms with E-state index in [4.69, 9.17) is 4.52 Å². The van der Waals surface area contributed by atoms with Crippen molar-refractivity contribution in [1.29, 1.82) is 0 Å². The van der Waals surface area contributed by atoms with Gasteiger partial charge in [0.15, 0.2) is 6.10 Å². The van der Waals surface area contributed by atoms with Crippen LogP contribution in [0.3, 0.4) is 0 Å². The minimum atomic E-state index is -0.998. The number of aliphatic hydroxyl groups is 1. The number of rotatable bonds is 3. The van der Waals surface area contributed by atoms with Crippen molar-refractivity contribution in [3.8, 4) is 11.4 Å². The highest BCUT2D eigenvalue weighted by Gasteiger charge is 2.18. The molecule has 0 aliphatic rings. The molecular formula is C16H13FN2O2. The molecule has 4 nitrogen and oxygen atoms in total. The SMILES string of the molecule is Cc1cc(F)cc(-c2noc(C(O)c3ccccc3)n2)c1. The van der Waals surface area contributed by atoms with E-state index in [-0.39, 0.29) is 17.5 Å². The molecule has 0 fully saturated rings. The lowest BCUT2D eigenvalue weighted by Crippen LogP contribution is -1.99. The molecule has 0 radical (unpaired) electrons. The molecule has 0 bridgehead atoms. The van der Waals surface area contributed by atoms with E-state index in [0.717, 1.165) is 5.56 Å². The summed E-state index contributed by atoms with van der Waals surface area (Å²) < 4.78 is 18.5. The maximum Gasteiger partial charge on any atom is 0.260 e. The molecule has 0 aliphatic heterocycles. The van der Waals surface area contributed by atoms with Crippen LogP contribution in [0.15, 0.2) is 53.1 Å². The molecule has 0 saturated heterocycles. The van der Waals surface area contributed by atoms with E-state index in [0.29, 0.717) is 11.1 Å². The van der Waals surface area contributed by atoms with E-state index in [2.05, 4.69) is 10.1 Å². The predicted molar refractivity (Wildman–Crippen MR) is 74.9 cm³/mol. The number of hydrogen-bond donors (Lipinski definition) is 1. The third-order valence-electron chi connectivity index (χ3n) is 3.09. The molecule has 0 amide bonds. The Morgan fingerprint density at radius 1 is 1.14 bits per heavy atom. The third kappa shape index (κ3) is 2.83. The molecule has 2 aromatic carbocycles. The van der Waals surface area contributed by atoms with Crippen molar-refractivity contribution in [1.82, 2.24) is 10.1 Å². The topological polar surface area (TPSA) is 59.2 Å². The van der Waals surface area contributed by atoms with Crippen molar-refractivity contribution in [3.63, 3.8) is 0 Å². The Labute approximate surface area is 120 Å². The Kier molecular flexibility index (Phi) is 3.50. The van der Waals surface area contributed by atoms with Crippen molar-refractivity contribution in [2.24, 2.45) is 0 Å². The molecule has 0 aliphatic carbocycles. The molecule has 1 aromatic heterocycles. The number of nitrogens with zero attached hydrogens (tertiary/aromatic N) is 2. The van der Waals surface area contributed by atoms with Crippen LogP contribution in [0.2, 0.25) is 0 Å². The molecule has 1 N–H and O–H groups in total. The fraction of sp³-hybridized carbons (Fsp3) is 0.125. The van der Waals surface area contributed by atoms with Gasteiger partial charge >= 0.3 is 0 Å². The van der Waals surface area contributed by atoms with Crippen molar-refractivity contribution in [2.75, 3.05) is 0 Å². The first-order valence-electron chi connectivity index (χ1n) is 6.47. The highest BCUT2D eigenvalue weighted by Crippen LogP contribution is 2.24. The van der Waals surface area contributed by atoms with Gasteiger partial charge in [-0.1, -0.05) is 35.5 Å². The normalized spacial score (nSPS) is 12.3. The van der Waals surface area contributed by atoms with Crippen LogP contribution in [0.4, 0.5) is 4.39 Å². The Bertz CT molecular complexity index is 736. The van der Waals surface area contributed by atoms with Gasteiger partial charge in [-0.05, 0) is 36.2 Å². The Hall–Kier alpha value is -2.53. The fourth-order valence-electron chi connectivity index (χ4n) is 2.11. The maximum atomic E-state index is 13.4. The maximum absolute atomic E-state index is 13.4. The number of aryl methyl sites for hydroxylation is 1. The molecule has 5 heteroatoms. The lowest BCUT2D eigenvalue weighted by Gasteiger charge is -2.04. The average Bonchev–Trinajstić information content (AvgIpc) is 2.96. The molecule has 0 spiro atoms. The van der Waals surface area contributed by atoms with E-state index < -0.39 is 6.10 Å². The second-order valence-corrected chi connectivity index (χ2v) is 4.79. The molecule has 106 valence electrons. The Morgan fingerprint density at radius 2 is 1.90 bits per heavy atom. The van der Waals surface area contributed by atoms with Crippen LogP contribution in [0.1, 0.15) is 23.1 Å². The molecule has 1 heterocycles. The van der Waals surface area contributed by atoms with Crippen LogP contribution in [0.25, 0.3) is 11.4 Å². The second-order valence-electron chi connectivity index (χ2n) is 4.79. The lowest BCUT2D eigenvalue weighted by atomic mass is 10.1.